The number of carbonyl (C=O) groups excluding carboxylic acids is 2. The van der Waals surface area contributed by atoms with Gasteiger partial charge in [0, 0.05) is 19.6 Å². The van der Waals surface area contributed by atoms with Crippen LogP contribution in [0.5, 0.6) is 0 Å². The lowest BCUT2D eigenvalue weighted by molar-refractivity contribution is -0.122. The molecule has 2 aliphatic heterocycles. The molecule has 0 bridgehead atoms. The number of hydrogen-bond acceptors (Lipinski definition) is 4. The smallest absolute Gasteiger partial charge is 0.321 e. The van der Waals surface area contributed by atoms with Gasteiger partial charge in [-0.2, -0.15) is 0 Å². The molecule has 0 aliphatic carbocycles. The number of nitrogens with zero attached hydrogens (tertiary/aromatic N) is 1. The van der Waals surface area contributed by atoms with Gasteiger partial charge >= 0.3 is 6.03 Å². The summed E-state index contributed by atoms with van der Waals surface area (Å²) < 4.78 is 0. The maximum absolute atomic E-state index is 11.8. The lowest BCUT2D eigenvalue weighted by atomic mass is 9.74. The van der Waals surface area contributed by atoms with Crippen molar-refractivity contribution in [3.05, 3.63) is 0 Å². The molecule has 2 saturated heterocycles. The molecule has 2 fully saturated rings. The second kappa shape index (κ2) is 7.04. The first-order valence-electron chi connectivity index (χ1n) is 7.64. The Morgan fingerprint density at radius 1 is 1.30 bits per heavy atom. The van der Waals surface area contributed by atoms with Gasteiger partial charge in [0.1, 0.15) is 0 Å². The number of carbonyl (C=O) groups is 2. The number of hydrogen-bond donors (Lipinski definition) is 3. The minimum Gasteiger partial charge on any atom is -0.338 e. The molecular weight excluding hydrogens is 256 g/mol. The van der Waals surface area contributed by atoms with Crippen LogP contribution >= 0.6 is 0 Å². The summed E-state index contributed by atoms with van der Waals surface area (Å²) in [5.74, 6) is -0.211. The van der Waals surface area contributed by atoms with Gasteiger partial charge in [0.2, 0.25) is 5.91 Å². The van der Waals surface area contributed by atoms with Gasteiger partial charge in [-0.15, -0.1) is 0 Å². The molecule has 3 amide bonds. The molecule has 6 heteroatoms. The Balaban J connectivity index is 1.80. The van der Waals surface area contributed by atoms with Crippen molar-refractivity contribution in [3.8, 4) is 0 Å². The van der Waals surface area contributed by atoms with E-state index in [9.17, 15) is 9.59 Å². The normalized spacial score (nSPS) is 27.2. The first kappa shape index (κ1) is 15.3. The Morgan fingerprint density at radius 3 is 2.80 bits per heavy atom. The average molecular weight is 282 g/mol. The molecule has 6 nitrogen and oxygen atoms in total. The molecule has 1 spiro atoms. The number of piperidine rings is 2. The topological polar surface area (TPSA) is 73.5 Å². The van der Waals surface area contributed by atoms with E-state index in [1.165, 1.54) is 19.3 Å². The highest BCUT2D eigenvalue weighted by molar-refractivity contribution is 5.95. The van der Waals surface area contributed by atoms with Gasteiger partial charge in [-0.05, 0) is 51.1 Å². The molecule has 0 aromatic rings. The molecule has 1 unspecified atom stereocenters. The third kappa shape index (κ3) is 4.18. The van der Waals surface area contributed by atoms with Crippen LogP contribution in [0.4, 0.5) is 4.79 Å². The summed E-state index contributed by atoms with van der Waals surface area (Å²) in [5.41, 5.74) is 0.336. The van der Waals surface area contributed by atoms with Gasteiger partial charge in [-0.1, -0.05) is 0 Å². The summed E-state index contributed by atoms with van der Waals surface area (Å²) in [6, 6.07) is -0.399. The zero-order chi connectivity index (χ0) is 14.4. The van der Waals surface area contributed by atoms with E-state index in [0.29, 0.717) is 18.5 Å². The van der Waals surface area contributed by atoms with Crippen LogP contribution < -0.4 is 16.0 Å². The van der Waals surface area contributed by atoms with Crippen molar-refractivity contribution in [2.45, 2.75) is 32.6 Å². The van der Waals surface area contributed by atoms with E-state index in [-0.39, 0.29) is 5.91 Å². The number of likely N-dealkylation sites (tertiary alicyclic amines) is 1. The van der Waals surface area contributed by atoms with Crippen molar-refractivity contribution in [2.24, 2.45) is 5.41 Å². The van der Waals surface area contributed by atoms with E-state index in [1.54, 1.807) is 0 Å². The highest BCUT2D eigenvalue weighted by Crippen LogP contribution is 2.35. The minimum absolute atomic E-state index is 0.211. The zero-order valence-corrected chi connectivity index (χ0v) is 12.3. The highest BCUT2D eigenvalue weighted by Gasteiger charge is 2.36. The van der Waals surface area contributed by atoms with E-state index in [4.69, 9.17) is 0 Å². The third-order valence-electron chi connectivity index (χ3n) is 4.26. The van der Waals surface area contributed by atoms with Gasteiger partial charge in [0.25, 0.3) is 0 Å². The second-order valence-electron chi connectivity index (χ2n) is 6.00. The van der Waals surface area contributed by atoms with Crippen LogP contribution in [-0.2, 0) is 4.79 Å². The van der Waals surface area contributed by atoms with Gasteiger partial charge in [0.15, 0.2) is 0 Å². The van der Waals surface area contributed by atoms with Crippen molar-refractivity contribution >= 4 is 11.9 Å². The number of rotatable bonds is 3. The molecule has 2 heterocycles. The highest BCUT2D eigenvalue weighted by atomic mass is 16.2. The van der Waals surface area contributed by atoms with E-state index in [0.717, 1.165) is 32.6 Å². The Labute approximate surface area is 120 Å². The maximum atomic E-state index is 11.8. The third-order valence-corrected chi connectivity index (χ3v) is 4.26. The van der Waals surface area contributed by atoms with Crippen molar-refractivity contribution in [1.29, 1.82) is 0 Å². The fourth-order valence-corrected chi connectivity index (χ4v) is 3.40. The molecule has 1 atom stereocenters. The van der Waals surface area contributed by atoms with Crippen LogP contribution in [0.3, 0.4) is 0 Å². The second-order valence-corrected chi connectivity index (χ2v) is 6.00. The van der Waals surface area contributed by atoms with Gasteiger partial charge in [-0.25, -0.2) is 4.79 Å². The Morgan fingerprint density at radius 2 is 2.10 bits per heavy atom. The van der Waals surface area contributed by atoms with Crippen molar-refractivity contribution in [3.63, 3.8) is 0 Å². The quantitative estimate of drug-likeness (QED) is 0.696. The van der Waals surface area contributed by atoms with Gasteiger partial charge in [-0.3, -0.25) is 15.0 Å². The van der Waals surface area contributed by atoms with Crippen LogP contribution in [0.1, 0.15) is 32.6 Å². The minimum atomic E-state index is -0.399. The summed E-state index contributed by atoms with van der Waals surface area (Å²) in [6.45, 7) is 6.75. The molecule has 20 heavy (non-hydrogen) atoms. The fraction of sp³-hybridized carbons (Fsp3) is 0.857. The van der Waals surface area contributed by atoms with Crippen molar-refractivity contribution in [1.82, 2.24) is 20.9 Å². The molecule has 0 radical (unpaired) electrons. The van der Waals surface area contributed by atoms with Gasteiger partial charge < -0.3 is 10.6 Å². The predicted octanol–water partition coefficient (Wildman–Crippen LogP) is 0.298. The summed E-state index contributed by atoms with van der Waals surface area (Å²) in [4.78, 5) is 25.3. The molecule has 114 valence electrons. The van der Waals surface area contributed by atoms with Gasteiger partial charge in [0.05, 0.1) is 6.54 Å². The molecule has 2 aliphatic rings. The van der Waals surface area contributed by atoms with E-state index >= 15 is 0 Å². The first-order valence-corrected chi connectivity index (χ1v) is 7.64. The number of nitrogens with one attached hydrogen (secondary N) is 3. The predicted molar refractivity (Wildman–Crippen MR) is 77.4 cm³/mol. The first-order chi connectivity index (χ1) is 9.63. The van der Waals surface area contributed by atoms with E-state index < -0.39 is 6.03 Å². The Bertz CT molecular complexity index is 348. The molecular formula is C14H26N4O2. The lowest BCUT2D eigenvalue weighted by Gasteiger charge is -2.45. The zero-order valence-electron chi connectivity index (χ0n) is 12.3. The number of imide groups is 1. The van der Waals surface area contributed by atoms with E-state index in [2.05, 4.69) is 20.9 Å². The van der Waals surface area contributed by atoms with Crippen LogP contribution in [0.25, 0.3) is 0 Å². The maximum Gasteiger partial charge on any atom is 0.321 e. The summed E-state index contributed by atoms with van der Waals surface area (Å²) >= 11 is 0. The molecule has 3 N–H and O–H groups in total. The van der Waals surface area contributed by atoms with Crippen molar-refractivity contribution < 1.29 is 9.59 Å². The monoisotopic (exact) mass is 282 g/mol. The Kier molecular flexibility index (Phi) is 5.37. The number of amides is 3. The Hall–Kier alpha value is -1.14. The fourth-order valence-electron chi connectivity index (χ4n) is 3.40. The summed E-state index contributed by atoms with van der Waals surface area (Å²) in [7, 11) is 0. The molecule has 0 aromatic carbocycles. The van der Waals surface area contributed by atoms with Crippen LogP contribution in [0.2, 0.25) is 0 Å². The molecule has 0 saturated carbocycles. The largest absolute Gasteiger partial charge is 0.338 e. The summed E-state index contributed by atoms with van der Waals surface area (Å²) in [6.07, 6.45) is 4.85. The van der Waals surface area contributed by atoms with Crippen LogP contribution in [0, 0.1) is 5.41 Å². The SMILES string of the molecule is CCNC(=O)NC(=O)CN1CCCC2(CCCNC2)C1. The van der Waals surface area contributed by atoms with E-state index in [1.807, 2.05) is 6.92 Å². The molecule has 2 rings (SSSR count). The summed E-state index contributed by atoms with van der Waals surface area (Å²) in [5, 5.41) is 8.42. The molecule has 0 aromatic heterocycles. The van der Waals surface area contributed by atoms with Crippen molar-refractivity contribution in [2.75, 3.05) is 39.3 Å². The average Bonchev–Trinajstić information content (AvgIpc) is 2.39. The number of urea groups is 1. The standard InChI is InChI=1S/C14H26N4O2/c1-2-16-13(20)17-12(19)9-18-8-4-6-14(11-18)5-3-7-15-10-14/h15H,2-11H2,1H3,(H2,16,17,19,20). The van der Waals surface area contributed by atoms with Crippen LogP contribution in [0.15, 0.2) is 0 Å². The lowest BCUT2D eigenvalue weighted by Crippen LogP contribution is -2.53. The van der Waals surface area contributed by atoms with Crippen LogP contribution in [-0.4, -0.2) is 56.1 Å².